The van der Waals surface area contributed by atoms with Gasteiger partial charge in [-0.25, -0.2) is 0 Å². The second-order valence-corrected chi connectivity index (χ2v) is 8.32. The summed E-state index contributed by atoms with van der Waals surface area (Å²) in [4.78, 5) is 0. The van der Waals surface area contributed by atoms with Gasteiger partial charge >= 0.3 is 0 Å². The molecule has 0 amide bonds. The number of fused-ring (bicyclic) bond motifs is 1. The number of rotatable bonds is 3. The molecule has 0 spiro atoms. The fraction of sp³-hybridized carbons (Fsp3) is 0.667. The Morgan fingerprint density at radius 3 is 2.80 bits per heavy atom. The van der Waals surface area contributed by atoms with Crippen LogP contribution in [0.25, 0.3) is 0 Å². The third kappa shape index (κ3) is 2.78. The maximum atomic E-state index is 4.02. The number of hydrogen-bond donors (Lipinski definition) is 1. The highest BCUT2D eigenvalue weighted by molar-refractivity contribution is 7.99. The van der Waals surface area contributed by atoms with Crippen LogP contribution in [0.1, 0.15) is 56.7 Å². The molecular formula is C18H27NS. The van der Waals surface area contributed by atoms with Gasteiger partial charge in [0.05, 0.1) is 0 Å². The van der Waals surface area contributed by atoms with E-state index >= 15 is 0 Å². The molecule has 3 rings (SSSR count). The molecule has 110 valence electrons. The quantitative estimate of drug-likeness (QED) is 0.874. The average Bonchev–Trinajstić information content (AvgIpc) is 2.70. The SMILES string of the molecule is CSC1CCCC(NC2c3ccccc3CC2(C)C)C1. The Morgan fingerprint density at radius 1 is 1.20 bits per heavy atom. The predicted octanol–water partition coefficient (Wildman–Crippen LogP) is 4.57. The maximum Gasteiger partial charge on any atom is 0.0380 e. The topological polar surface area (TPSA) is 12.0 Å². The fourth-order valence-electron chi connectivity index (χ4n) is 4.05. The summed E-state index contributed by atoms with van der Waals surface area (Å²) in [6.07, 6.45) is 8.96. The van der Waals surface area contributed by atoms with Crippen LogP contribution < -0.4 is 5.32 Å². The van der Waals surface area contributed by atoms with Gasteiger partial charge in [0, 0.05) is 17.3 Å². The lowest BCUT2D eigenvalue weighted by atomic mass is 9.83. The Bertz CT molecular complexity index is 468. The van der Waals surface area contributed by atoms with E-state index in [0.717, 1.165) is 5.25 Å². The highest BCUT2D eigenvalue weighted by Gasteiger charge is 2.40. The Hall–Kier alpha value is -0.470. The molecule has 3 atom stereocenters. The lowest BCUT2D eigenvalue weighted by Gasteiger charge is -2.36. The summed E-state index contributed by atoms with van der Waals surface area (Å²) in [7, 11) is 0. The monoisotopic (exact) mass is 289 g/mol. The van der Waals surface area contributed by atoms with Crippen LogP contribution in [0.2, 0.25) is 0 Å². The molecule has 0 radical (unpaired) electrons. The highest BCUT2D eigenvalue weighted by Crippen LogP contribution is 2.45. The standard InChI is InChI=1S/C18H27NS/c1-18(2)12-13-7-4-5-10-16(13)17(18)19-14-8-6-9-15(11-14)20-3/h4-5,7,10,14-15,17,19H,6,8-9,11-12H2,1-3H3. The summed E-state index contributed by atoms with van der Waals surface area (Å²) in [5, 5.41) is 4.88. The fourth-order valence-corrected chi connectivity index (χ4v) is 4.88. The van der Waals surface area contributed by atoms with Gasteiger partial charge in [0.15, 0.2) is 0 Å². The van der Waals surface area contributed by atoms with Crippen molar-refractivity contribution in [2.75, 3.05) is 6.26 Å². The van der Waals surface area contributed by atoms with Crippen LogP contribution in [0.15, 0.2) is 24.3 Å². The van der Waals surface area contributed by atoms with E-state index in [4.69, 9.17) is 0 Å². The van der Waals surface area contributed by atoms with Gasteiger partial charge in [-0.15, -0.1) is 0 Å². The predicted molar refractivity (Wildman–Crippen MR) is 89.4 cm³/mol. The first-order valence-electron chi connectivity index (χ1n) is 7.97. The smallest absolute Gasteiger partial charge is 0.0380 e. The van der Waals surface area contributed by atoms with Gasteiger partial charge in [-0.3, -0.25) is 0 Å². The van der Waals surface area contributed by atoms with Crippen molar-refractivity contribution in [3.63, 3.8) is 0 Å². The molecule has 0 aliphatic heterocycles. The third-order valence-corrected chi connectivity index (χ3v) is 6.25. The molecule has 20 heavy (non-hydrogen) atoms. The Kier molecular flexibility index (Phi) is 4.14. The second-order valence-electron chi connectivity index (χ2n) is 7.19. The highest BCUT2D eigenvalue weighted by atomic mass is 32.2. The van der Waals surface area contributed by atoms with Crippen molar-refractivity contribution in [3.8, 4) is 0 Å². The molecule has 1 aromatic rings. The molecule has 0 aromatic heterocycles. The summed E-state index contributed by atoms with van der Waals surface area (Å²) in [6.45, 7) is 4.83. The minimum atomic E-state index is 0.343. The molecule has 0 bridgehead atoms. The van der Waals surface area contributed by atoms with Gasteiger partial charge < -0.3 is 5.32 Å². The van der Waals surface area contributed by atoms with E-state index in [9.17, 15) is 0 Å². The molecule has 1 fully saturated rings. The zero-order chi connectivity index (χ0) is 14.2. The Morgan fingerprint density at radius 2 is 2.00 bits per heavy atom. The number of thioether (sulfide) groups is 1. The van der Waals surface area contributed by atoms with Crippen LogP contribution >= 0.6 is 11.8 Å². The molecule has 3 unspecified atom stereocenters. The van der Waals surface area contributed by atoms with E-state index in [2.05, 4.69) is 61.4 Å². The second kappa shape index (κ2) is 5.73. The van der Waals surface area contributed by atoms with E-state index in [1.165, 1.54) is 32.1 Å². The van der Waals surface area contributed by atoms with Crippen molar-refractivity contribution < 1.29 is 0 Å². The maximum absolute atomic E-state index is 4.02. The van der Waals surface area contributed by atoms with Gasteiger partial charge in [0.1, 0.15) is 0 Å². The zero-order valence-electron chi connectivity index (χ0n) is 13.0. The van der Waals surface area contributed by atoms with Gasteiger partial charge in [-0.1, -0.05) is 44.5 Å². The van der Waals surface area contributed by atoms with Crippen molar-refractivity contribution in [2.24, 2.45) is 5.41 Å². The molecule has 0 heterocycles. The minimum Gasteiger partial charge on any atom is -0.307 e. The van der Waals surface area contributed by atoms with Crippen molar-refractivity contribution >= 4 is 11.8 Å². The molecule has 1 N–H and O–H groups in total. The summed E-state index contributed by atoms with van der Waals surface area (Å²) in [5.74, 6) is 0. The summed E-state index contributed by atoms with van der Waals surface area (Å²) >= 11 is 2.05. The van der Waals surface area contributed by atoms with E-state index in [1.54, 1.807) is 11.1 Å². The zero-order valence-corrected chi connectivity index (χ0v) is 13.8. The lowest BCUT2D eigenvalue weighted by molar-refractivity contribution is 0.227. The number of benzene rings is 1. The number of nitrogens with one attached hydrogen (secondary N) is 1. The normalized spacial score (nSPS) is 32.0. The van der Waals surface area contributed by atoms with Crippen LogP contribution in [0.3, 0.4) is 0 Å². The van der Waals surface area contributed by atoms with E-state index in [-0.39, 0.29) is 0 Å². The largest absolute Gasteiger partial charge is 0.307 e. The Labute approximate surface area is 127 Å². The average molecular weight is 289 g/mol. The van der Waals surface area contributed by atoms with Crippen LogP contribution in [0.4, 0.5) is 0 Å². The van der Waals surface area contributed by atoms with Gasteiger partial charge in [-0.05, 0) is 48.5 Å². The van der Waals surface area contributed by atoms with Crippen molar-refractivity contribution in [2.45, 2.75) is 63.3 Å². The Balaban J connectivity index is 1.76. The van der Waals surface area contributed by atoms with Crippen molar-refractivity contribution in [1.29, 1.82) is 0 Å². The van der Waals surface area contributed by atoms with Gasteiger partial charge in [-0.2, -0.15) is 11.8 Å². The van der Waals surface area contributed by atoms with Crippen LogP contribution in [0.5, 0.6) is 0 Å². The van der Waals surface area contributed by atoms with Crippen LogP contribution in [-0.4, -0.2) is 17.5 Å². The first-order valence-corrected chi connectivity index (χ1v) is 9.25. The molecule has 2 aliphatic rings. The molecule has 1 aromatic carbocycles. The molecule has 2 aliphatic carbocycles. The van der Waals surface area contributed by atoms with Gasteiger partial charge in [0.25, 0.3) is 0 Å². The summed E-state index contributed by atoms with van der Waals surface area (Å²) < 4.78 is 0. The van der Waals surface area contributed by atoms with E-state index in [1.807, 2.05) is 0 Å². The van der Waals surface area contributed by atoms with Crippen LogP contribution in [0, 0.1) is 5.41 Å². The first kappa shape index (κ1) is 14.5. The van der Waals surface area contributed by atoms with Crippen molar-refractivity contribution in [3.05, 3.63) is 35.4 Å². The first-order chi connectivity index (χ1) is 9.60. The molecule has 0 saturated heterocycles. The van der Waals surface area contributed by atoms with E-state index in [0.29, 0.717) is 17.5 Å². The minimum absolute atomic E-state index is 0.343. The molecule has 1 saturated carbocycles. The molecule has 2 heteroatoms. The summed E-state index contributed by atoms with van der Waals surface area (Å²) in [6, 6.07) is 10.3. The third-order valence-electron chi connectivity index (χ3n) is 5.16. The van der Waals surface area contributed by atoms with Crippen LogP contribution in [-0.2, 0) is 6.42 Å². The number of hydrogen-bond acceptors (Lipinski definition) is 2. The lowest BCUT2D eigenvalue weighted by Crippen LogP contribution is -2.41. The molecule has 1 nitrogen and oxygen atoms in total. The van der Waals surface area contributed by atoms with Gasteiger partial charge in [0.2, 0.25) is 0 Å². The van der Waals surface area contributed by atoms with E-state index < -0.39 is 0 Å². The molecular weight excluding hydrogens is 262 g/mol. The van der Waals surface area contributed by atoms with Crippen molar-refractivity contribution in [1.82, 2.24) is 5.32 Å². The summed E-state index contributed by atoms with van der Waals surface area (Å²) in [5.41, 5.74) is 3.44.